The zero-order chi connectivity index (χ0) is 8.48. The highest BCUT2D eigenvalue weighted by atomic mass is 35.5. The molecule has 1 atom stereocenters. The van der Waals surface area contributed by atoms with Gasteiger partial charge in [0.05, 0.1) is 0 Å². The minimum Gasteiger partial charge on any atom is -0.478 e. The first kappa shape index (κ1) is 8.30. The molecule has 0 radical (unpaired) electrons. The number of carbonyl (C=O) groups is 1. The van der Waals surface area contributed by atoms with Crippen LogP contribution in [0.4, 0.5) is 0 Å². The smallest absolute Gasteiger partial charge is 0.331 e. The number of hydrogen-bond donors (Lipinski definition) is 2. The van der Waals surface area contributed by atoms with Gasteiger partial charge in [0.15, 0.2) is 0 Å². The zero-order valence-corrected chi connectivity index (χ0v) is 6.51. The Kier molecular flexibility index (Phi) is 2.02. The Balaban J connectivity index is 2.86. The third kappa shape index (κ3) is 2.06. The Bertz CT molecular complexity index is 243. The van der Waals surface area contributed by atoms with Gasteiger partial charge >= 0.3 is 5.97 Å². The highest BCUT2D eigenvalue weighted by Crippen LogP contribution is 2.21. The molecule has 4 heteroatoms. The number of hydrogen-bond acceptors (Lipinski definition) is 2. The number of carboxylic acid groups (broad SMARTS) is 1. The van der Waals surface area contributed by atoms with Gasteiger partial charge in [0.25, 0.3) is 0 Å². The van der Waals surface area contributed by atoms with E-state index in [0.717, 1.165) is 0 Å². The first-order chi connectivity index (χ1) is 5.01. The molecule has 1 aliphatic rings. The molecule has 0 aliphatic heterocycles. The van der Waals surface area contributed by atoms with Crippen molar-refractivity contribution in [3.63, 3.8) is 0 Å². The van der Waals surface area contributed by atoms with Crippen molar-refractivity contribution in [1.29, 1.82) is 0 Å². The molecule has 0 saturated carbocycles. The molecule has 3 N–H and O–H groups in total. The predicted molar refractivity (Wildman–Crippen MR) is 42.2 cm³/mol. The second kappa shape index (κ2) is 2.68. The fraction of sp³-hybridized carbons (Fsp3) is 0.286. The van der Waals surface area contributed by atoms with Crippen LogP contribution in [0.3, 0.4) is 0 Å². The first-order valence-corrected chi connectivity index (χ1v) is 3.49. The molecule has 11 heavy (non-hydrogen) atoms. The van der Waals surface area contributed by atoms with Crippen molar-refractivity contribution in [2.75, 3.05) is 0 Å². The van der Waals surface area contributed by atoms with E-state index >= 15 is 0 Å². The Morgan fingerprint density at radius 2 is 2.45 bits per heavy atom. The Morgan fingerprint density at radius 1 is 1.82 bits per heavy atom. The third-order valence-electron chi connectivity index (χ3n) is 1.38. The lowest BCUT2D eigenvalue weighted by Gasteiger charge is -2.17. The van der Waals surface area contributed by atoms with Gasteiger partial charge in [0.2, 0.25) is 0 Å². The van der Waals surface area contributed by atoms with E-state index < -0.39 is 11.0 Å². The minimum absolute atomic E-state index is 0.241. The van der Waals surface area contributed by atoms with Gasteiger partial charge in [-0.2, -0.15) is 0 Å². The van der Waals surface area contributed by atoms with E-state index in [4.69, 9.17) is 22.4 Å². The van der Waals surface area contributed by atoms with Gasteiger partial charge in [-0.25, -0.2) is 4.79 Å². The molecule has 0 amide bonds. The summed E-state index contributed by atoms with van der Waals surface area (Å²) in [6.07, 6.45) is 4.95. The van der Waals surface area contributed by atoms with E-state index in [0.29, 0.717) is 6.42 Å². The minimum atomic E-state index is -1.12. The summed E-state index contributed by atoms with van der Waals surface area (Å²) in [5.74, 6) is -0.968. The van der Waals surface area contributed by atoms with E-state index in [1.54, 1.807) is 12.2 Å². The molecule has 0 bridgehead atoms. The van der Waals surface area contributed by atoms with Crippen molar-refractivity contribution in [2.24, 2.45) is 5.73 Å². The lowest BCUT2D eigenvalue weighted by molar-refractivity contribution is -0.132. The monoisotopic (exact) mass is 173 g/mol. The Hall–Kier alpha value is -0.800. The molecular formula is C7H8ClNO2. The van der Waals surface area contributed by atoms with Crippen molar-refractivity contribution < 1.29 is 9.90 Å². The fourth-order valence-electron chi connectivity index (χ4n) is 0.890. The normalized spacial score (nSPS) is 29.8. The number of nitrogens with two attached hydrogens (primary N) is 1. The largest absolute Gasteiger partial charge is 0.478 e. The quantitative estimate of drug-likeness (QED) is 0.351. The van der Waals surface area contributed by atoms with Crippen LogP contribution in [0.25, 0.3) is 0 Å². The highest BCUT2D eigenvalue weighted by molar-refractivity contribution is 6.26. The van der Waals surface area contributed by atoms with Crippen molar-refractivity contribution in [1.82, 2.24) is 0 Å². The van der Waals surface area contributed by atoms with Gasteiger partial charge in [-0.05, 0) is 18.6 Å². The summed E-state index contributed by atoms with van der Waals surface area (Å²) in [5.41, 5.74) is 5.69. The number of aliphatic carboxylic acids is 1. The van der Waals surface area contributed by atoms with Gasteiger partial charge in [0, 0.05) is 5.57 Å². The number of rotatable bonds is 1. The summed E-state index contributed by atoms with van der Waals surface area (Å²) in [6.45, 7) is 0. The molecule has 1 unspecified atom stereocenters. The molecule has 60 valence electrons. The number of alkyl halides is 1. The van der Waals surface area contributed by atoms with Crippen molar-refractivity contribution >= 4 is 17.6 Å². The van der Waals surface area contributed by atoms with Crippen LogP contribution in [0.1, 0.15) is 6.42 Å². The van der Waals surface area contributed by atoms with Gasteiger partial charge in [0.1, 0.15) is 5.00 Å². The first-order valence-electron chi connectivity index (χ1n) is 3.12. The van der Waals surface area contributed by atoms with Crippen LogP contribution in [0.15, 0.2) is 23.8 Å². The number of halogens is 1. The molecular weight excluding hydrogens is 166 g/mol. The average Bonchev–Trinajstić information content (AvgIpc) is 1.85. The second-order valence-electron chi connectivity index (χ2n) is 2.41. The van der Waals surface area contributed by atoms with Crippen LogP contribution in [0, 0.1) is 0 Å². The molecule has 0 fully saturated rings. The van der Waals surface area contributed by atoms with E-state index in [2.05, 4.69) is 0 Å². The maximum Gasteiger partial charge on any atom is 0.331 e. The molecule has 0 aromatic carbocycles. The Labute approximate surface area is 69.1 Å². The average molecular weight is 174 g/mol. The molecule has 0 aromatic heterocycles. The van der Waals surface area contributed by atoms with Crippen LogP contribution in [-0.2, 0) is 4.79 Å². The van der Waals surface area contributed by atoms with E-state index in [9.17, 15) is 4.79 Å². The van der Waals surface area contributed by atoms with Crippen molar-refractivity contribution in [3.05, 3.63) is 23.8 Å². The van der Waals surface area contributed by atoms with Crippen LogP contribution in [0.2, 0.25) is 0 Å². The van der Waals surface area contributed by atoms with Crippen LogP contribution in [-0.4, -0.2) is 16.1 Å². The van der Waals surface area contributed by atoms with Crippen molar-refractivity contribution in [2.45, 2.75) is 11.4 Å². The maximum absolute atomic E-state index is 10.4. The van der Waals surface area contributed by atoms with Crippen LogP contribution >= 0.6 is 11.6 Å². The number of carboxylic acids is 1. The molecule has 0 aromatic rings. The molecule has 0 spiro atoms. The van der Waals surface area contributed by atoms with Gasteiger partial charge in [-0.15, -0.1) is 0 Å². The van der Waals surface area contributed by atoms with Gasteiger partial charge < -0.3 is 10.8 Å². The van der Waals surface area contributed by atoms with E-state index in [-0.39, 0.29) is 5.57 Å². The van der Waals surface area contributed by atoms with E-state index in [1.807, 2.05) is 0 Å². The summed E-state index contributed by atoms with van der Waals surface area (Å²) >= 11 is 5.66. The molecule has 0 saturated heterocycles. The van der Waals surface area contributed by atoms with E-state index in [1.165, 1.54) is 6.08 Å². The second-order valence-corrected chi connectivity index (χ2v) is 3.06. The molecule has 1 rings (SSSR count). The van der Waals surface area contributed by atoms with Crippen LogP contribution in [0.5, 0.6) is 0 Å². The van der Waals surface area contributed by atoms with Crippen molar-refractivity contribution in [3.8, 4) is 0 Å². The summed E-state index contributed by atoms with van der Waals surface area (Å²) in [6, 6.07) is 0. The zero-order valence-electron chi connectivity index (χ0n) is 5.75. The van der Waals surface area contributed by atoms with Gasteiger partial charge in [-0.3, -0.25) is 0 Å². The molecule has 3 nitrogen and oxygen atoms in total. The summed E-state index contributed by atoms with van der Waals surface area (Å²) < 4.78 is 0. The van der Waals surface area contributed by atoms with Crippen LogP contribution < -0.4 is 5.73 Å². The standard InChI is InChI=1S/C7H8ClNO2/c8-7(9)3-1-2-5(4-7)6(10)11/h1,3-4H,2,9H2,(H,10,11). The lowest BCUT2D eigenvalue weighted by Crippen LogP contribution is -2.30. The summed E-state index contributed by atoms with van der Waals surface area (Å²) in [7, 11) is 0. The maximum atomic E-state index is 10.4. The molecule has 1 aliphatic carbocycles. The summed E-state index contributed by atoms with van der Waals surface area (Å²) in [4.78, 5) is 9.31. The van der Waals surface area contributed by atoms with Gasteiger partial charge in [-0.1, -0.05) is 17.7 Å². The highest BCUT2D eigenvalue weighted by Gasteiger charge is 2.21. The SMILES string of the molecule is NC1(Cl)C=CCC(C(=O)O)=C1. The Morgan fingerprint density at radius 3 is 2.82 bits per heavy atom. The third-order valence-corrected chi connectivity index (χ3v) is 1.62. The predicted octanol–water partition coefficient (Wildman–Crippen LogP) is 0.851. The lowest BCUT2D eigenvalue weighted by atomic mass is 10.0. The fourth-order valence-corrected chi connectivity index (χ4v) is 1.11. The summed E-state index contributed by atoms with van der Waals surface area (Å²) in [5, 5.41) is 8.55. The molecule has 0 heterocycles. The number of allylic oxidation sites excluding steroid dienone is 1. The topological polar surface area (TPSA) is 63.3 Å².